The second-order valence-electron chi connectivity index (χ2n) is 3.74. The van der Waals surface area contributed by atoms with Crippen molar-refractivity contribution in [3.8, 4) is 0 Å². The molecule has 0 bridgehead atoms. The molecule has 0 radical (unpaired) electrons. The van der Waals surface area contributed by atoms with Gasteiger partial charge >= 0.3 is 0 Å². The van der Waals surface area contributed by atoms with Crippen LogP contribution in [0.5, 0.6) is 0 Å². The van der Waals surface area contributed by atoms with E-state index in [4.69, 9.17) is 0 Å². The maximum Gasteiger partial charge on any atom is 0.124 e. The normalized spacial score (nSPS) is 16.6. The SMILES string of the molecule is O=CCc1ccc(C2CCC2)cc1. The third-order valence-electron chi connectivity index (χ3n) is 2.88. The standard InChI is InChI=1S/C12H14O/c13-9-8-10-4-6-12(7-5-10)11-2-1-3-11/h4-7,9,11H,1-3,8H2. The Morgan fingerprint density at radius 1 is 1.23 bits per heavy atom. The van der Waals surface area contributed by atoms with E-state index < -0.39 is 0 Å². The lowest BCUT2D eigenvalue weighted by Crippen LogP contribution is -2.08. The first kappa shape index (κ1) is 8.49. The fourth-order valence-electron chi connectivity index (χ4n) is 1.76. The molecule has 2 rings (SSSR count). The lowest BCUT2D eigenvalue weighted by molar-refractivity contribution is -0.107. The number of benzene rings is 1. The van der Waals surface area contributed by atoms with Crippen molar-refractivity contribution in [3.63, 3.8) is 0 Å². The van der Waals surface area contributed by atoms with E-state index in [1.807, 2.05) is 0 Å². The lowest BCUT2D eigenvalue weighted by Gasteiger charge is -2.25. The Hall–Kier alpha value is -1.11. The van der Waals surface area contributed by atoms with Crippen LogP contribution in [-0.2, 0) is 11.2 Å². The summed E-state index contributed by atoms with van der Waals surface area (Å²) >= 11 is 0. The van der Waals surface area contributed by atoms with Crippen LogP contribution in [0.4, 0.5) is 0 Å². The van der Waals surface area contributed by atoms with Gasteiger partial charge in [0.25, 0.3) is 0 Å². The highest BCUT2D eigenvalue weighted by Crippen LogP contribution is 2.36. The van der Waals surface area contributed by atoms with E-state index in [-0.39, 0.29) is 0 Å². The number of aldehydes is 1. The van der Waals surface area contributed by atoms with Crippen LogP contribution in [-0.4, -0.2) is 6.29 Å². The van der Waals surface area contributed by atoms with Crippen molar-refractivity contribution in [2.75, 3.05) is 0 Å². The second-order valence-corrected chi connectivity index (χ2v) is 3.74. The molecule has 68 valence electrons. The van der Waals surface area contributed by atoms with E-state index in [1.54, 1.807) is 0 Å². The topological polar surface area (TPSA) is 17.1 Å². The molecule has 0 N–H and O–H groups in total. The Balaban J connectivity index is 2.08. The van der Waals surface area contributed by atoms with E-state index in [0.717, 1.165) is 17.8 Å². The molecule has 1 aliphatic carbocycles. The van der Waals surface area contributed by atoms with Gasteiger partial charge in [-0.3, -0.25) is 0 Å². The summed E-state index contributed by atoms with van der Waals surface area (Å²) < 4.78 is 0. The summed E-state index contributed by atoms with van der Waals surface area (Å²) in [7, 11) is 0. The maximum absolute atomic E-state index is 10.3. The van der Waals surface area contributed by atoms with Gasteiger partial charge in [0.15, 0.2) is 0 Å². The van der Waals surface area contributed by atoms with Gasteiger partial charge < -0.3 is 4.79 Å². The van der Waals surface area contributed by atoms with Crippen molar-refractivity contribution in [1.82, 2.24) is 0 Å². The Labute approximate surface area is 78.8 Å². The first-order chi connectivity index (χ1) is 6.40. The van der Waals surface area contributed by atoms with Crippen LogP contribution in [0.3, 0.4) is 0 Å². The Morgan fingerprint density at radius 2 is 1.92 bits per heavy atom. The number of hydrogen-bond donors (Lipinski definition) is 0. The highest BCUT2D eigenvalue weighted by atomic mass is 16.1. The van der Waals surface area contributed by atoms with Gasteiger partial charge in [0, 0.05) is 6.42 Å². The third-order valence-corrected chi connectivity index (χ3v) is 2.88. The van der Waals surface area contributed by atoms with Crippen LogP contribution >= 0.6 is 0 Å². The molecule has 0 saturated heterocycles. The Kier molecular flexibility index (Phi) is 2.44. The largest absolute Gasteiger partial charge is 0.303 e. The van der Waals surface area contributed by atoms with E-state index in [2.05, 4.69) is 24.3 Å². The van der Waals surface area contributed by atoms with E-state index in [1.165, 1.54) is 24.8 Å². The van der Waals surface area contributed by atoms with Crippen molar-refractivity contribution < 1.29 is 4.79 Å². The summed E-state index contributed by atoms with van der Waals surface area (Å²) in [6.45, 7) is 0. The molecule has 0 atom stereocenters. The minimum atomic E-state index is 0.547. The first-order valence-electron chi connectivity index (χ1n) is 4.92. The zero-order chi connectivity index (χ0) is 9.10. The highest BCUT2D eigenvalue weighted by Gasteiger charge is 2.18. The third kappa shape index (κ3) is 1.80. The predicted molar refractivity (Wildman–Crippen MR) is 52.8 cm³/mol. The van der Waals surface area contributed by atoms with Gasteiger partial charge in [0.1, 0.15) is 6.29 Å². The summed E-state index contributed by atoms with van der Waals surface area (Å²) in [4.78, 5) is 10.3. The van der Waals surface area contributed by atoms with E-state index in [0.29, 0.717) is 6.42 Å². The van der Waals surface area contributed by atoms with Crippen molar-refractivity contribution in [1.29, 1.82) is 0 Å². The molecule has 1 nitrogen and oxygen atoms in total. The fraction of sp³-hybridized carbons (Fsp3) is 0.417. The molecule has 0 amide bonds. The molecule has 1 saturated carbocycles. The second kappa shape index (κ2) is 3.73. The molecule has 1 heteroatoms. The maximum atomic E-state index is 10.3. The molecule has 13 heavy (non-hydrogen) atoms. The quantitative estimate of drug-likeness (QED) is 0.644. The summed E-state index contributed by atoms with van der Waals surface area (Å²) in [5.74, 6) is 0.797. The highest BCUT2D eigenvalue weighted by molar-refractivity contribution is 5.54. The monoisotopic (exact) mass is 174 g/mol. The van der Waals surface area contributed by atoms with Crippen LogP contribution in [0.2, 0.25) is 0 Å². The lowest BCUT2D eigenvalue weighted by atomic mass is 9.80. The van der Waals surface area contributed by atoms with Crippen LogP contribution < -0.4 is 0 Å². The average Bonchev–Trinajstić information content (AvgIpc) is 2.06. The molecule has 1 aromatic carbocycles. The van der Waals surface area contributed by atoms with Gasteiger partial charge in [-0.15, -0.1) is 0 Å². The zero-order valence-electron chi connectivity index (χ0n) is 7.70. The number of hydrogen-bond acceptors (Lipinski definition) is 1. The Bertz CT molecular complexity index is 282. The molecule has 1 aromatic rings. The molecule has 0 aliphatic heterocycles. The van der Waals surface area contributed by atoms with Gasteiger partial charge in [-0.05, 0) is 29.9 Å². The Morgan fingerprint density at radius 3 is 2.38 bits per heavy atom. The van der Waals surface area contributed by atoms with Crippen molar-refractivity contribution >= 4 is 6.29 Å². The van der Waals surface area contributed by atoms with Crippen LogP contribution in [0, 0.1) is 0 Å². The minimum absolute atomic E-state index is 0.547. The summed E-state index contributed by atoms with van der Waals surface area (Å²) in [6.07, 6.45) is 5.56. The van der Waals surface area contributed by atoms with E-state index in [9.17, 15) is 4.79 Å². The van der Waals surface area contributed by atoms with Gasteiger partial charge in [0.2, 0.25) is 0 Å². The summed E-state index contributed by atoms with van der Waals surface area (Å²) in [5.41, 5.74) is 2.57. The smallest absolute Gasteiger partial charge is 0.124 e. The van der Waals surface area contributed by atoms with Crippen LogP contribution in [0.1, 0.15) is 36.3 Å². The minimum Gasteiger partial charge on any atom is -0.303 e. The molecule has 1 fully saturated rings. The van der Waals surface area contributed by atoms with Crippen molar-refractivity contribution in [2.45, 2.75) is 31.6 Å². The van der Waals surface area contributed by atoms with Crippen LogP contribution in [0.15, 0.2) is 24.3 Å². The molecular weight excluding hydrogens is 160 g/mol. The molecule has 1 aliphatic rings. The molecule has 0 aromatic heterocycles. The molecule has 0 heterocycles. The van der Waals surface area contributed by atoms with Gasteiger partial charge in [-0.2, -0.15) is 0 Å². The number of carbonyl (C=O) groups is 1. The summed E-state index contributed by atoms with van der Waals surface area (Å²) in [5, 5.41) is 0. The molecular formula is C12H14O. The van der Waals surface area contributed by atoms with Gasteiger partial charge in [0.05, 0.1) is 0 Å². The van der Waals surface area contributed by atoms with Crippen LogP contribution in [0.25, 0.3) is 0 Å². The van der Waals surface area contributed by atoms with Crippen molar-refractivity contribution in [2.24, 2.45) is 0 Å². The summed E-state index contributed by atoms with van der Waals surface area (Å²) in [6, 6.07) is 8.48. The van der Waals surface area contributed by atoms with Gasteiger partial charge in [-0.25, -0.2) is 0 Å². The molecule has 0 spiro atoms. The fourth-order valence-corrected chi connectivity index (χ4v) is 1.76. The predicted octanol–water partition coefficient (Wildman–Crippen LogP) is 2.70. The van der Waals surface area contributed by atoms with E-state index >= 15 is 0 Å². The van der Waals surface area contributed by atoms with Gasteiger partial charge in [-0.1, -0.05) is 30.7 Å². The average molecular weight is 174 g/mol. The zero-order valence-corrected chi connectivity index (χ0v) is 7.70. The number of rotatable bonds is 3. The number of carbonyl (C=O) groups excluding carboxylic acids is 1. The molecule has 0 unspecified atom stereocenters. The van der Waals surface area contributed by atoms with Crippen molar-refractivity contribution in [3.05, 3.63) is 35.4 Å². The first-order valence-corrected chi connectivity index (χ1v) is 4.92.